The molecule has 196 valence electrons. The second kappa shape index (κ2) is 10.2. The third kappa shape index (κ3) is 4.18. The van der Waals surface area contributed by atoms with Crippen LogP contribution in [0.25, 0.3) is 49.0 Å². The van der Waals surface area contributed by atoms with E-state index in [1.54, 1.807) is 0 Å². The van der Waals surface area contributed by atoms with Crippen LogP contribution in [0.3, 0.4) is 0 Å². The predicted octanol–water partition coefficient (Wildman–Crippen LogP) is 11.2. The maximum Gasteiger partial charge on any atom is 0.0249 e. The summed E-state index contributed by atoms with van der Waals surface area (Å²) in [4.78, 5) is 0. The third-order valence-electron chi connectivity index (χ3n) is 8.51. The molecule has 42 heavy (non-hydrogen) atoms. The summed E-state index contributed by atoms with van der Waals surface area (Å²) in [6.45, 7) is 0. The van der Waals surface area contributed by atoms with E-state index in [9.17, 15) is 0 Å². The lowest BCUT2D eigenvalue weighted by Crippen LogP contribution is -1.94. The van der Waals surface area contributed by atoms with Crippen molar-refractivity contribution in [3.05, 3.63) is 191 Å². The molecule has 0 N–H and O–H groups in total. The van der Waals surface area contributed by atoms with Crippen LogP contribution in [0.1, 0.15) is 12.0 Å². The number of benzene rings is 5. The molecule has 0 saturated carbocycles. The van der Waals surface area contributed by atoms with Gasteiger partial charge in [-0.2, -0.15) is 0 Å². The van der Waals surface area contributed by atoms with Crippen molar-refractivity contribution in [1.82, 2.24) is 0 Å². The van der Waals surface area contributed by atoms with Gasteiger partial charge in [0.1, 0.15) is 0 Å². The maximum atomic E-state index is 3.66. The van der Waals surface area contributed by atoms with Crippen LogP contribution in [0.2, 0.25) is 0 Å². The number of allylic oxidation sites excluding steroid dienone is 15. The van der Waals surface area contributed by atoms with Crippen LogP contribution in [0.5, 0.6) is 0 Å². The zero-order valence-corrected chi connectivity index (χ0v) is 23.2. The van der Waals surface area contributed by atoms with Gasteiger partial charge in [-0.25, -0.2) is 0 Å². The van der Waals surface area contributed by atoms with Crippen molar-refractivity contribution in [2.24, 2.45) is 0 Å². The molecule has 0 nitrogen and oxygen atoms in total. The second-order valence-corrected chi connectivity index (χ2v) is 11.0. The summed E-state index contributed by atoms with van der Waals surface area (Å²) in [5.41, 5.74) is 13.6. The molecule has 0 saturated heterocycles. The van der Waals surface area contributed by atoms with Crippen molar-refractivity contribution >= 4 is 37.9 Å². The molecular formula is C42H28. The van der Waals surface area contributed by atoms with Crippen LogP contribution in [0.4, 0.5) is 0 Å². The van der Waals surface area contributed by atoms with E-state index in [0.29, 0.717) is 0 Å². The monoisotopic (exact) mass is 532 g/mol. The molecule has 0 amide bonds. The fraction of sp³-hybridized carbons (Fsp3) is 0.0238. The predicted molar refractivity (Wildman–Crippen MR) is 180 cm³/mol. The van der Waals surface area contributed by atoms with Crippen molar-refractivity contribution in [3.8, 4) is 11.1 Å². The number of fused-ring (bicyclic) bond motifs is 5. The quantitative estimate of drug-likeness (QED) is 0.160. The third-order valence-corrected chi connectivity index (χ3v) is 8.51. The number of hydrogen-bond donors (Lipinski definition) is 0. The Bertz CT molecular complexity index is 2170. The average molecular weight is 533 g/mol. The van der Waals surface area contributed by atoms with Crippen molar-refractivity contribution in [3.63, 3.8) is 0 Å². The minimum Gasteiger partial charge on any atom is -0.112 e. The highest BCUT2D eigenvalue weighted by Gasteiger charge is 2.18. The van der Waals surface area contributed by atoms with Gasteiger partial charge in [0, 0.05) is 11.1 Å². The molecule has 0 aliphatic heterocycles. The Morgan fingerprint density at radius 1 is 0.524 bits per heavy atom. The van der Waals surface area contributed by atoms with E-state index in [1.165, 1.54) is 71.3 Å². The fourth-order valence-electron chi connectivity index (χ4n) is 6.55. The molecule has 0 heterocycles. The summed E-state index contributed by atoms with van der Waals surface area (Å²) in [5, 5.41) is 7.52. The zero-order valence-electron chi connectivity index (χ0n) is 23.2. The van der Waals surface area contributed by atoms with E-state index in [4.69, 9.17) is 0 Å². The Kier molecular flexibility index (Phi) is 5.92. The van der Waals surface area contributed by atoms with E-state index in [-0.39, 0.29) is 0 Å². The normalized spacial score (nSPS) is 16.0. The van der Waals surface area contributed by atoms with Gasteiger partial charge >= 0.3 is 0 Å². The largest absolute Gasteiger partial charge is 0.112 e. The molecule has 2 bridgehead atoms. The average Bonchev–Trinajstić information content (AvgIpc) is 3.51. The first-order valence-electron chi connectivity index (χ1n) is 14.6. The summed E-state index contributed by atoms with van der Waals surface area (Å²) in [7, 11) is 0. The zero-order chi connectivity index (χ0) is 27.9. The van der Waals surface area contributed by atoms with Gasteiger partial charge in [-0.3, -0.25) is 0 Å². The first kappa shape index (κ1) is 24.4. The SMILES string of the molecule is C1=CC=C(C2=CC=CC3=CC=CC=C2C3)C=CC=1c1c2ccccc2c(-c2ccc3ccccc3c2)c2ccccc12. The molecular weight excluding hydrogens is 504 g/mol. The first-order chi connectivity index (χ1) is 20.8. The standard InChI is InChI=1S/C42H28/c1-2-15-34-27-29(11-1)12-9-22-36(34)31-16-10-17-32(25-24-31)41-37-18-5-7-20-39(37)42(40-21-8-6-19-38(40)41)35-26-23-30-13-3-4-14-33(30)28-35/h1-16,18-26,28H,27H2. The molecule has 5 aromatic rings. The van der Waals surface area contributed by atoms with E-state index in [0.717, 1.165) is 12.0 Å². The topological polar surface area (TPSA) is 0 Å². The highest BCUT2D eigenvalue weighted by molar-refractivity contribution is 6.19. The molecule has 3 aliphatic rings. The molecule has 0 unspecified atom stereocenters. The molecule has 8 rings (SSSR count). The summed E-state index contributed by atoms with van der Waals surface area (Å²) in [5.74, 6) is 0. The van der Waals surface area contributed by atoms with Gasteiger partial charge < -0.3 is 0 Å². The van der Waals surface area contributed by atoms with Gasteiger partial charge in [-0.1, -0.05) is 134 Å². The Balaban J connectivity index is 1.29. The van der Waals surface area contributed by atoms with Crippen LogP contribution >= 0.6 is 0 Å². The van der Waals surface area contributed by atoms with Crippen LogP contribution in [-0.2, 0) is 0 Å². The van der Waals surface area contributed by atoms with E-state index < -0.39 is 0 Å². The first-order valence-corrected chi connectivity index (χ1v) is 14.6. The minimum atomic E-state index is 0.940. The van der Waals surface area contributed by atoms with Gasteiger partial charge in [-0.05, 0) is 96.5 Å². The lowest BCUT2D eigenvalue weighted by atomic mass is 9.85. The van der Waals surface area contributed by atoms with Gasteiger partial charge in [0.15, 0.2) is 0 Å². The lowest BCUT2D eigenvalue weighted by Gasteiger charge is -2.18. The smallest absolute Gasteiger partial charge is 0.0249 e. The van der Waals surface area contributed by atoms with Crippen molar-refractivity contribution in [1.29, 1.82) is 0 Å². The molecule has 0 aromatic heterocycles. The number of hydrogen-bond acceptors (Lipinski definition) is 0. The Morgan fingerprint density at radius 2 is 1.21 bits per heavy atom. The van der Waals surface area contributed by atoms with E-state index in [1.807, 2.05) is 0 Å². The van der Waals surface area contributed by atoms with Crippen LogP contribution in [0.15, 0.2) is 186 Å². The molecule has 3 aliphatic carbocycles. The van der Waals surface area contributed by atoms with Gasteiger partial charge in [0.05, 0.1) is 0 Å². The van der Waals surface area contributed by atoms with Crippen LogP contribution < -0.4 is 0 Å². The molecule has 0 spiro atoms. The van der Waals surface area contributed by atoms with Crippen molar-refractivity contribution in [2.45, 2.75) is 6.42 Å². The minimum absolute atomic E-state index is 0.940. The molecule has 0 radical (unpaired) electrons. The number of rotatable bonds is 3. The van der Waals surface area contributed by atoms with Gasteiger partial charge in [0.25, 0.3) is 0 Å². The molecule has 0 atom stereocenters. The summed E-state index contributed by atoms with van der Waals surface area (Å²) >= 11 is 0. The Labute approximate surface area is 246 Å². The lowest BCUT2D eigenvalue weighted by molar-refractivity contribution is 1.18. The van der Waals surface area contributed by atoms with Crippen LogP contribution in [-0.4, -0.2) is 0 Å². The van der Waals surface area contributed by atoms with E-state index in [2.05, 4.69) is 164 Å². The molecule has 0 fully saturated rings. The van der Waals surface area contributed by atoms with Gasteiger partial charge in [0.2, 0.25) is 0 Å². The van der Waals surface area contributed by atoms with E-state index >= 15 is 0 Å². The van der Waals surface area contributed by atoms with Crippen LogP contribution in [0, 0.1) is 0 Å². The van der Waals surface area contributed by atoms with Crippen molar-refractivity contribution in [2.75, 3.05) is 0 Å². The Hall–Kier alpha value is -5.42. The summed E-state index contributed by atoms with van der Waals surface area (Å²) < 4.78 is 0. The van der Waals surface area contributed by atoms with Crippen molar-refractivity contribution < 1.29 is 0 Å². The van der Waals surface area contributed by atoms with Gasteiger partial charge in [-0.15, -0.1) is 5.73 Å². The molecule has 5 aromatic carbocycles. The highest BCUT2D eigenvalue weighted by Crippen LogP contribution is 2.43. The highest BCUT2D eigenvalue weighted by atomic mass is 14.2. The summed E-state index contributed by atoms with van der Waals surface area (Å²) in [6.07, 6.45) is 25.1. The maximum absolute atomic E-state index is 3.66. The molecule has 0 heteroatoms. The summed E-state index contributed by atoms with van der Waals surface area (Å²) in [6, 6.07) is 33.1. The fourth-order valence-corrected chi connectivity index (χ4v) is 6.55. The Morgan fingerprint density at radius 3 is 2.00 bits per heavy atom. The second-order valence-electron chi connectivity index (χ2n) is 11.0.